The third-order valence-corrected chi connectivity index (χ3v) is 2.97. The fraction of sp³-hybridized carbons (Fsp3) is 0.250. The van der Waals surface area contributed by atoms with Gasteiger partial charge < -0.3 is 5.11 Å². The summed E-state index contributed by atoms with van der Waals surface area (Å²) in [5.41, 5.74) is 0.245. The van der Waals surface area contributed by atoms with E-state index in [0.29, 0.717) is 0 Å². The predicted octanol–water partition coefficient (Wildman–Crippen LogP) is 0.858. The monoisotopic (exact) mass is 204 g/mol. The van der Waals surface area contributed by atoms with E-state index in [2.05, 4.69) is 0 Å². The fourth-order valence-electron chi connectivity index (χ4n) is 0.885. The summed E-state index contributed by atoms with van der Waals surface area (Å²) in [6.07, 6.45) is 0. The lowest BCUT2D eigenvalue weighted by Crippen LogP contribution is -2.06. The lowest BCUT2D eigenvalue weighted by atomic mass is 10.2. The van der Waals surface area contributed by atoms with Crippen LogP contribution in [0.15, 0.2) is 23.1 Å². The van der Waals surface area contributed by atoms with Crippen LogP contribution in [0.25, 0.3) is 0 Å². The summed E-state index contributed by atoms with van der Waals surface area (Å²) in [6.45, 7) is 1.46. The molecular formula is C8H9FO3S. The first-order chi connectivity index (χ1) is 5.97. The van der Waals surface area contributed by atoms with Gasteiger partial charge in [0, 0.05) is 0 Å². The highest BCUT2D eigenvalue weighted by Crippen LogP contribution is 2.14. The predicted molar refractivity (Wildman–Crippen MR) is 45.4 cm³/mol. The molecule has 13 heavy (non-hydrogen) atoms. The summed E-state index contributed by atoms with van der Waals surface area (Å²) >= 11 is 0. The van der Waals surface area contributed by atoms with E-state index < -0.39 is 21.6 Å². The molecule has 0 unspecified atom stereocenters. The van der Waals surface area contributed by atoms with Crippen molar-refractivity contribution in [1.82, 2.24) is 0 Å². The zero-order valence-electron chi connectivity index (χ0n) is 6.99. The van der Waals surface area contributed by atoms with Gasteiger partial charge in [-0.05, 0) is 30.7 Å². The van der Waals surface area contributed by atoms with Crippen molar-refractivity contribution in [2.45, 2.75) is 11.8 Å². The van der Waals surface area contributed by atoms with Crippen molar-refractivity contribution < 1.29 is 17.9 Å². The summed E-state index contributed by atoms with van der Waals surface area (Å²) in [4.78, 5) is -0.0612. The molecular weight excluding hydrogens is 195 g/mol. The first-order valence-corrected chi connectivity index (χ1v) is 5.22. The Balaban J connectivity index is 3.27. The first-order valence-electron chi connectivity index (χ1n) is 3.57. The molecule has 5 heteroatoms. The van der Waals surface area contributed by atoms with Gasteiger partial charge in [-0.15, -0.1) is 0 Å². The molecule has 0 aliphatic heterocycles. The third-order valence-electron chi connectivity index (χ3n) is 1.66. The second kappa shape index (κ2) is 3.43. The van der Waals surface area contributed by atoms with Crippen molar-refractivity contribution in [3.8, 4) is 0 Å². The van der Waals surface area contributed by atoms with Crippen LogP contribution in [-0.4, -0.2) is 19.5 Å². The van der Waals surface area contributed by atoms with E-state index in [0.717, 1.165) is 12.1 Å². The van der Waals surface area contributed by atoms with Crippen LogP contribution in [0.3, 0.4) is 0 Å². The molecule has 0 heterocycles. The van der Waals surface area contributed by atoms with Crippen molar-refractivity contribution in [2.75, 3.05) is 5.94 Å². The van der Waals surface area contributed by atoms with Crippen LogP contribution in [0, 0.1) is 12.7 Å². The minimum absolute atomic E-state index is 0.0612. The van der Waals surface area contributed by atoms with E-state index in [1.807, 2.05) is 0 Å². The lowest BCUT2D eigenvalue weighted by Gasteiger charge is -2.02. The molecule has 0 bridgehead atoms. The van der Waals surface area contributed by atoms with Crippen LogP contribution >= 0.6 is 0 Å². The van der Waals surface area contributed by atoms with Crippen LogP contribution in [0.5, 0.6) is 0 Å². The number of hydrogen-bond acceptors (Lipinski definition) is 3. The van der Waals surface area contributed by atoms with E-state index in [1.54, 1.807) is 0 Å². The van der Waals surface area contributed by atoms with Gasteiger partial charge in [0.2, 0.25) is 9.84 Å². The number of hydrogen-bond donors (Lipinski definition) is 1. The van der Waals surface area contributed by atoms with Gasteiger partial charge in [-0.2, -0.15) is 0 Å². The molecule has 0 radical (unpaired) electrons. The fourth-order valence-corrected chi connectivity index (χ4v) is 1.67. The molecule has 1 N–H and O–H groups in total. The molecule has 0 saturated carbocycles. The van der Waals surface area contributed by atoms with Gasteiger partial charge in [0.1, 0.15) is 11.8 Å². The summed E-state index contributed by atoms with van der Waals surface area (Å²) in [6, 6.07) is 3.40. The molecule has 0 amide bonds. The SMILES string of the molecule is Cc1cc(S(=O)(=O)CO)ccc1F. The van der Waals surface area contributed by atoms with Crippen LogP contribution in [0.1, 0.15) is 5.56 Å². The second-order valence-corrected chi connectivity index (χ2v) is 4.61. The third kappa shape index (κ3) is 2.05. The topological polar surface area (TPSA) is 54.4 Å². The Labute approximate surface area is 75.7 Å². The summed E-state index contributed by atoms with van der Waals surface area (Å²) in [7, 11) is -3.65. The van der Waals surface area contributed by atoms with Gasteiger partial charge in [0.05, 0.1) is 4.90 Å². The van der Waals surface area contributed by atoms with Crippen molar-refractivity contribution >= 4 is 9.84 Å². The summed E-state index contributed by atoms with van der Waals surface area (Å²) in [5, 5.41) is 8.53. The van der Waals surface area contributed by atoms with Crippen LogP contribution in [-0.2, 0) is 9.84 Å². The Kier molecular flexibility index (Phi) is 2.68. The van der Waals surface area contributed by atoms with E-state index in [1.165, 1.54) is 13.0 Å². The Hall–Kier alpha value is -0.940. The Bertz CT molecular complexity index is 411. The molecule has 3 nitrogen and oxygen atoms in total. The minimum Gasteiger partial charge on any atom is -0.380 e. The maximum Gasteiger partial charge on any atom is 0.202 e. The Morgan fingerprint density at radius 1 is 1.46 bits per heavy atom. The standard InChI is InChI=1S/C8H9FO3S/c1-6-4-7(2-3-8(6)9)13(11,12)5-10/h2-4,10H,5H2,1H3. The lowest BCUT2D eigenvalue weighted by molar-refractivity contribution is 0.358. The zero-order chi connectivity index (χ0) is 10.1. The molecule has 1 aromatic carbocycles. The van der Waals surface area contributed by atoms with Gasteiger partial charge in [-0.25, -0.2) is 12.8 Å². The largest absolute Gasteiger partial charge is 0.380 e. The highest BCUT2D eigenvalue weighted by atomic mass is 32.2. The summed E-state index contributed by atoms with van der Waals surface area (Å²) in [5.74, 6) is -1.42. The van der Waals surface area contributed by atoms with Gasteiger partial charge in [0.15, 0.2) is 0 Å². The smallest absolute Gasteiger partial charge is 0.202 e. The zero-order valence-corrected chi connectivity index (χ0v) is 7.81. The summed E-state index contributed by atoms with van der Waals surface area (Å²) < 4.78 is 34.9. The quantitative estimate of drug-likeness (QED) is 0.727. The van der Waals surface area contributed by atoms with Crippen molar-refractivity contribution in [2.24, 2.45) is 0 Å². The second-order valence-electron chi connectivity index (χ2n) is 2.65. The molecule has 72 valence electrons. The number of aryl methyl sites for hydroxylation is 1. The van der Waals surface area contributed by atoms with Gasteiger partial charge in [0.25, 0.3) is 0 Å². The normalized spacial score (nSPS) is 11.6. The van der Waals surface area contributed by atoms with E-state index >= 15 is 0 Å². The van der Waals surface area contributed by atoms with Crippen LogP contribution in [0.2, 0.25) is 0 Å². The molecule has 0 aromatic heterocycles. The average Bonchev–Trinajstić information content (AvgIpc) is 2.09. The maximum absolute atomic E-state index is 12.7. The number of rotatable bonds is 2. The van der Waals surface area contributed by atoms with Crippen LogP contribution in [0.4, 0.5) is 4.39 Å². The molecule has 0 saturated heterocycles. The minimum atomic E-state index is -3.65. The maximum atomic E-state index is 12.7. The average molecular weight is 204 g/mol. The molecule has 0 fully saturated rings. The number of sulfone groups is 1. The Morgan fingerprint density at radius 2 is 2.08 bits per heavy atom. The van der Waals surface area contributed by atoms with Gasteiger partial charge in [-0.3, -0.25) is 0 Å². The Morgan fingerprint density at radius 3 is 2.54 bits per heavy atom. The highest BCUT2D eigenvalue weighted by molar-refractivity contribution is 7.91. The highest BCUT2D eigenvalue weighted by Gasteiger charge is 2.13. The number of aliphatic hydroxyl groups excluding tert-OH is 1. The number of halogens is 1. The molecule has 0 aliphatic rings. The molecule has 0 atom stereocenters. The van der Waals surface area contributed by atoms with Crippen molar-refractivity contribution in [1.29, 1.82) is 0 Å². The van der Waals surface area contributed by atoms with Crippen LogP contribution < -0.4 is 0 Å². The molecule has 1 aromatic rings. The molecule has 0 aliphatic carbocycles. The number of benzene rings is 1. The molecule has 1 rings (SSSR count). The van der Waals surface area contributed by atoms with E-state index in [-0.39, 0.29) is 10.5 Å². The van der Waals surface area contributed by atoms with Gasteiger partial charge >= 0.3 is 0 Å². The number of aliphatic hydroxyl groups is 1. The first kappa shape index (κ1) is 10.1. The van der Waals surface area contributed by atoms with E-state index in [4.69, 9.17) is 5.11 Å². The van der Waals surface area contributed by atoms with E-state index in [9.17, 15) is 12.8 Å². The van der Waals surface area contributed by atoms with Crippen molar-refractivity contribution in [3.63, 3.8) is 0 Å². The molecule has 0 spiro atoms. The van der Waals surface area contributed by atoms with Crippen molar-refractivity contribution in [3.05, 3.63) is 29.6 Å². The van der Waals surface area contributed by atoms with Gasteiger partial charge in [-0.1, -0.05) is 0 Å².